The van der Waals surface area contributed by atoms with Crippen molar-refractivity contribution in [3.05, 3.63) is 71.2 Å². The van der Waals surface area contributed by atoms with E-state index in [0.29, 0.717) is 28.8 Å². The van der Waals surface area contributed by atoms with Crippen molar-refractivity contribution in [2.45, 2.75) is 44.8 Å². The van der Waals surface area contributed by atoms with Crippen LogP contribution in [0.25, 0.3) is 11.0 Å². The van der Waals surface area contributed by atoms with E-state index in [1.807, 2.05) is 0 Å². The summed E-state index contributed by atoms with van der Waals surface area (Å²) in [7, 11) is 0. The Bertz CT molecular complexity index is 1710. The molecule has 2 aliphatic rings. The fourth-order valence-electron chi connectivity index (χ4n) is 5.44. The fraction of sp³-hybridized carbons (Fsp3) is 0.367. The van der Waals surface area contributed by atoms with Crippen molar-refractivity contribution in [1.82, 2.24) is 24.8 Å². The van der Waals surface area contributed by atoms with Gasteiger partial charge in [0.1, 0.15) is 17.4 Å². The van der Waals surface area contributed by atoms with Gasteiger partial charge in [-0.1, -0.05) is 6.07 Å². The highest BCUT2D eigenvalue weighted by atomic mass is 19.4. The average Bonchev–Trinajstić information content (AvgIpc) is 3.62. The smallest absolute Gasteiger partial charge is 0.338 e. The predicted molar refractivity (Wildman–Crippen MR) is 155 cm³/mol. The molecule has 6 rings (SSSR count). The lowest BCUT2D eigenvalue weighted by molar-refractivity contribution is -0.137. The van der Waals surface area contributed by atoms with Crippen molar-refractivity contribution in [1.29, 1.82) is 0 Å². The summed E-state index contributed by atoms with van der Waals surface area (Å²) in [5, 5.41) is 5.77. The largest absolute Gasteiger partial charge is 0.416 e. The lowest BCUT2D eigenvalue weighted by Gasteiger charge is -2.18. The summed E-state index contributed by atoms with van der Waals surface area (Å²) in [6.07, 6.45) is -0.118. The zero-order chi connectivity index (χ0) is 31.1. The van der Waals surface area contributed by atoms with Crippen molar-refractivity contribution < 1.29 is 26.7 Å². The average molecular weight is 613 g/mol. The number of halogens is 5. The molecular weight excluding hydrogens is 583 g/mol. The highest BCUT2D eigenvalue weighted by Crippen LogP contribution is 2.34. The van der Waals surface area contributed by atoms with Crippen molar-refractivity contribution >= 4 is 40.1 Å². The second kappa shape index (κ2) is 11.6. The number of fused-ring (bicyclic) bond motifs is 1. The van der Waals surface area contributed by atoms with E-state index in [4.69, 9.17) is 0 Å². The zero-order valence-corrected chi connectivity index (χ0v) is 23.8. The Morgan fingerprint density at radius 3 is 2.55 bits per heavy atom. The Kier molecular flexibility index (Phi) is 7.78. The summed E-state index contributed by atoms with van der Waals surface area (Å²) < 4.78 is 68.7. The number of carbonyl (C=O) groups excluding carboxylic acids is 1. The standard InChI is InChI=1S/C30H29F5N8O/c1-18-4-5-20(27(44)39-22-11-19(15-42-7-2-3-8-42)10-21(13-22)30(33,34)35)12-23(18)40-26-25-24(37-17-38-26)14-36-28(41-25)43-9-6-29(31,32)16-43/h4-5,10-14,17H,2-3,6-9,15-16H2,1H3,(H,39,44)(H,37,38,40). The quantitative estimate of drug-likeness (QED) is 0.239. The van der Waals surface area contributed by atoms with Gasteiger partial charge in [-0.15, -0.1) is 0 Å². The highest BCUT2D eigenvalue weighted by molar-refractivity contribution is 6.05. The zero-order valence-electron chi connectivity index (χ0n) is 23.8. The lowest BCUT2D eigenvalue weighted by atomic mass is 10.1. The summed E-state index contributed by atoms with van der Waals surface area (Å²) in [6.45, 7) is 3.43. The fourth-order valence-corrected chi connectivity index (χ4v) is 5.44. The van der Waals surface area contributed by atoms with E-state index >= 15 is 0 Å². The molecule has 9 nitrogen and oxygen atoms in total. The number of anilines is 4. The van der Waals surface area contributed by atoms with Crippen LogP contribution in [0.15, 0.2) is 48.9 Å². The van der Waals surface area contributed by atoms with Gasteiger partial charge in [-0.05, 0) is 74.3 Å². The van der Waals surface area contributed by atoms with Crippen molar-refractivity contribution in [2.75, 3.05) is 41.7 Å². The molecule has 14 heteroatoms. The maximum Gasteiger partial charge on any atom is 0.416 e. The Hall–Kier alpha value is -4.46. The van der Waals surface area contributed by atoms with Crippen LogP contribution < -0.4 is 15.5 Å². The molecule has 0 atom stereocenters. The number of hydrogen-bond acceptors (Lipinski definition) is 8. The molecule has 2 fully saturated rings. The molecular formula is C30H29F5N8O. The lowest BCUT2D eigenvalue weighted by Crippen LogP contribution is -2.26. The van der Waals surface area contributed by atoms with Crippen LogP contribution in [0.5, 0.6) is 0 Å². The molecule has 2 N–H and O–H groups in total. The van der Waals surface area contributed by atoms with Gasteiger partial charge in [0.05, 0.1) is 18.3 Å². The Morgan fingerprint density at radius 1 is 1.02 bits per heavy atom. The molecule has 1 amide bonds. The van der Waals surface area contributed by atoms with Gasteiger partial charge in [0.25, 0.3) is 11.8 Å². The first-order valence-electron chi connectivity index (χ1n) is 14.2. The first kappa shape index (κ1) is 29.6. The van der Waals surface area contributed by atoms with Gasteiger partial charge >= 0.3 is 6.18 Å². The van der Waals surface area contributed by atoms with Crippen LogP contribution in [0.1, 0.15) is 46.3 Å². The van der Waals surface area contributed by atoms with Crippen LogP contribution in [0.2, 0.25) is 0 Å². The summed E-state index contributed by atoms with van der Waals surface area (Å²) in [5.41, 5.74) is 1.81. The molecule has 4 aromatic rings. The Balaban J connectivity index is 1.25. The number of hydrogen-bond donors (Lipinski definition) is 2. The van der Waals surface area contributed by atoms with Gasteiger partial charge in [-0.3, -0.25) is 9.69 Å². The maximum absolute atomic E-state index is 13.8. The summed E-state index contributed by atoms with van der Waals surface area (Å²) >= 11 is 0. The molecule has 2 saturated heterocycles. The van der Waals surface area contributed by atoms with Gasteiger partial charge in [-0.25, -0.2) is 28.7 Å². The molecule has 0 spiro atoms. The summed E-state index contributed by atoms with van der Waals surface area (Å²) in [4.78, 5) is 33.8. The Morgan fingerprint density at radius 2 is 1.82 bits per heavy atom. The number of carbonyl (C=O) groups is 1. The molecule has 230 valence electrons. The molecule has 44 heavy (non-hydrogen) atoms. The van der Waals surface area contributed by atoms with Crippen LogP contribution in [0.3, 0.4) is 0 Å². The van der Waals surface area contributed by atoms with E-state index in [1.165, 1.54) is 17.4 Å². The van der Waals surface area contributed by atoms with E-state index in [2.05, 4.69) is 35.5 Å². The highest BCUT2D eigenvalue weighted by Gasteiger charge is 2.39. The molecule has 2 aromatic carbocycles. The minimum atomic E-state index is -4.57. The maximum atomic E-state index is 13.8. The molecule has 0 bridgehead atoms. The molecule has 4 heterocycles. The third-order valence-corrected chi connectivity index (χ3v) is 7.75. The Labute approximate surface area is 249 Å². The van der Waals surface area contributed by atoms with E-state index in [9.17, 15) is 26.7 Å². The van der Waals surface area contributed by atoms with Gasteiger partial charge in [0.2, 0.25) is 5.95 Å². The number of aromatic nitrogens is 4. The number of benzene rings is 2. The number of nitrogens with zero attached hydrogens (tertiary/aromatic N) is 6. The molecule has 0 saturated carbocycles. The number of rotatable bonds is 7. The van der Waals surface area contributed by atoms with Crippen LogP contribution >= 0.6 is 0 Å². The first-order chi connectivity index (χ1) is 20.9. The number of aryl methyl sites for hydroxylation is 1. The first-order valence-corrected chi connectivity index (χ1v) is 14.2. The predicted octanol–water partition coefficient (Wildman–Crippen LogP) is 6.18. The summed E-state index contributed by atoms with van der Waals surface area (Å²) in [5.74, 6) is -3.02. The van der Waals surface area contributed by atoms with E-state index < -0.39 is 30.1 Å². The second-order valence-corrected chi connectivity index (χ2v) is 11.2. The van der Waals surface area contributed by atoms with Crippen LogP contribution in [0.4, 0.5) is 45.1 Å². The normalized spacial score (nSPS) is 16.9. The third-order valence-electron chi connectivity index (χ3n) is 7.75. The number of nitrogens with one attached hydrogen (secondary N) is 2. The monoisotopic (exact) mass is 612 g/mol. The number of likely N-dealkylation sites (tertiary alicyclic amines) is 1. The van der Waals surface area contributed by atoms with E-state index in [0.717, 1.165) is 43.6 Å². The second-order valence-electron chi connectivity index (χ2n) is 11.2. The SMILES string of the molecule is Cc1ccc(C(=O)Nc2cc(CN3CCCC3)cc(C(F)(F)F)c2)cc1Nc1ncnc2cnc(N3CCC(F)(F)C3)nc12. The molecule has 0 aliphatic carbocycles. The van der Waals surface area contributed by atoms with Crippen molar-refractivity contribution in [3.63, 3.8) is 0 Å². The van der Waals surface area contributed by atoms with E-state index in [-0.39, 0.29) is 36.0 Å². The van der Waals surface area contributed by atoms with Crippen molar-refractivity contribution in [2.24, 2.45) is 0 Å². The molecule has 0 unspecified atom stereocenters. The van der Waals surface area contributed by atoms with Gasteiger partial charge in [0, 0.05) is 36.4 Å². The van der Waals surface area contributed by atoms with Crippen LogP contribution in [-0.2, 0) is 12.7 Å². The van der Waals surface area contributed by atoms with Crippen LogP contribution in [0, 0.1) is 6.92 Å². The molecule has 2 aliphatic heterocycles. The van der Waals surface area contributed by atoms with Gasteiger partial charge < -0.3 is 15.5 Å². The number of amides is 1. The topological polar surface area (TPSA) is 99.2 Å². The molecule has 0 radical (unpaired) electrons. The van der Waals surface area contributed by atoms with Crippen LogP contribution in [-0.4, -0.2) is 62.8 Å². The van der Waals surface area contributed by atoms with E-state index in [1.54, 1.807) is 31.2 Å². The number of alkyl halides is 5. The minimum absolute atomic E-state index is 0.0487. The molecule has 2 aromatic heterocycles. The van der Waals surface area contributed by atoms with Gasteiger partial charge in [-0.2, -0.15) is 13.2 Å². The minimum Gasteiger partial charge on any atom is -0.338 e. The third kappa shape index (κ3) is 6.54. The van der Waals surface area contributed by atoms with Gasteiger partial charge in [0.15, 0.2) is 5.82 Å². The van der Waals surface area contributed by atoms with Crippen molar-refractivity contribution in [3.8, 4) is 0 Å². The summed E-state index contributed by atoms with van der Waals surface area (Å²) in [6, 6.07) is 8.44.